The third-order valence-corrected chi connectivity index (χ3v) is 4.34. The molecule has 0 bridgehead atoms. The Kier molecular flexibility index (Phi) is 3.98. The summed E-state index contributed by atoms with van der Waals surface area (Å²) in [6.45, 7) is 2.81. The van der Waals surface area contributed by atoms with Crippen molar-refractivity contribution in [1.29, 1.82) is 0 Å². The first-order valence-electron chi connectivity index (χ1n) is 7.14. The van der Waals surface area contributed by atoms with E-state index in [1.165, 1.54) is 18.8 Å². The van der Waals surface area contributed by atoms with Crippen LogP contribution in [-0.2, 0) is 6.54 Å². The predicted octanol–water partition coefficient (Wildman–Crippen LogP) is -1.40. The number of rotatable bonds is 4. The van der Waals surface area contributed by atoms with E-state index in [1.54, 1.807) is 4.68 Å². The molecule has 0 radical (unpaired) electrons. The van der Waals surface area contributed by atoms with Crippen molar-refractivity contribution >= 4 is 11.8 Å². The van der Waals surface area contributed by atoms with Gasteiger partial charge >= 0.3 is 24.8 Å². The standard InChI is InChI=1S/C15H16N4O2.Li.H/c20-15(21)13-5-17-19(9-13)6-10-1-2-14(16-4-10)18-7-11-3-12(11)8-18;;/h1-2,4-5,9,11-12H,3,6-8H2,(H,20,21);;/q;+1;-1. The molecule has 2 atom stereocenters. The van der Waals surface area contributed by atoms with E-state index in [1.807, 2.05) is 18.3 Å². The number of hydrogen-bond acceptors (Lipinski definition) is 4. The summed E-state index contributed by atoms with van der Waals surface area (Å²) < 4.78 is 1.62. The van der Waals surface area contributed by atoms with Crippen molar-refractivity contribution in [2.24, 2.45) is 11.8 Å². The molecule has 0 amide bonds. The number of anilines is 1. The van der Waals surface area contributed by atoms with E-state index < -0.39 is 5.97 Å². The summed E-state index contributed by atoms with van der Waals surface area (Å²) in [5, 5.41) is 12.9. The van der Waals surface area contributed by atoms with Crippen LogP contribution in [0.25, 0.3) is 0 Å². The molecule has 2 unspecified atom stereocenters. The van der Waals surface area contributed by atoms with Gasteiger partial charge in [0.25, 0.3) is 0 Å². The average Bonchev–Trinajstić information content (AvgIpc) is 2.90. The third-order valence-electron chi connectivity index (χ3n) is 4.34. The first kappa shape index (κ1) is 15.1. The Morgan fingerprint density at radius 2 is 2.09 bits per heavy atom. The number of nitrogens with zero attached hydrogens (tertiary/aromatic N) is 4. The number of carboxylic acid groups (broad SMARTS) is 1. The Morgan fingerprint density at radius 1 is 1.32 bits per heavy atom. The van der Waals surface area contributed by atoms with Gasteiger partial charge in [-0.1, -0.05) is 6.07 Å². The van der Waals surface area contributed by atoms with Gasteiger partial charge in [0.1, 0.15) is 5.82 Å². The average molecular weight is 292 g/mol. The molecule has 1 aliphatic heterocycles. The first-order valence-corrected chi connectivity index (χ1v) is 7.14. The summed E-state index contributed by atoms with van der Waals surface area (Å²) in [6.07, 6.45) is 6.13. The van der Waals surface area contributed by atoms with Crippen molar-refractivity contribution in [3.05, 3.63) is 41.9 Å². The Bertz CT molecular complexity index is 681. The minimum Gasteiger partial charge on any atom is -1.00 e. The zero-order valence-electron chi connectivity index (χ0n) is 13.5. The van der Waals surface area contributed by atoms with Gasteiger partial charge < -0.3 is 11.4 Å². The summed E-state index contributed by atoms with van der Waals surface area (Å²) in [7, 11) is 0. The minimum atomic E-state index is -0.956. The molecule has 7 heteroatoms. The largest absolute Gasteiger partial charge is 1.00 e. The minimum absolute atomic E-state index is 0. The second-order valence-electron chi connectivity index (χ2n) is 5.92. The molecule has 110 valence electrons. The van der Waals surface area contributed by atoms with Crippen LogP contribution in [0.5, 0.6) is 0 Å². The topological polar surface area (TPSA) is 71.2 Å². The van der Waals surface area contributed by atoms with Crippen LogP contribution in [0.2, 0.25) is 0 Å². The summed E-state index contributed by atoms with van der Waals surface area (Å²) in [5.41, 5.74) is 1.22. The quantitative estimate of drug-likeness (QED) is 0.702. The predicted molar refractivity (Wildman–Crippen MR) is 77.4 cm³/mol. The first-order chi connectivity index (χ1) is 10.2. The molecule has 0 spiro atoms. The van der Waals surface area contributed by atoms with Crippen LogP contribution in [0.3, 0.4) is 0 Å². The van der Waals surface area contributed by atoms with E-state index in [2.05, 4.69) is 15.0 Å². The van der Waals surface area contributed by atoms with Gasteiger partial charge in [-0.15, -0.1) is 0 Å². The SMILES string of the molecule is O=C(O)c1cnn(Cc2ccc(N3CC4CC4C3)nc2)c1.[H-].[Li+]. The number of fused-ring (bicyclic) bond motifs is 1. The zero-order valence-corrected chi connectivity index (χ0v) is 12.5. The Hall–Kier alpha value is -1.77. The van der Waals surface area contributed by atoms with Gasteiger partial charge in [0, 0.05) is 25.5 Å². The second kappa shape index (κ2) is 5.79. The van der Waals surface area contributed by atoms with E-state index in [9.17, 15) is 4.79 Å². The van der Waals surface area contributed by atoms with E-state index in [0.717, 1.165) is 36.3 Å². The summed E-state index contributed by atoms with van der Waals surface area (Å²) in [6, 6.07) is 4.08. The zero-order chi connectivity index (χ0) is 14.4. The van der Waals surface area contributed by atoms with Gasteiger partial charge in [0.2, 0.25) is 0 Å². The molecule has 1 saturated carbocycles. The van der Waals surface area contributed by atoms with E-state index >= 15 is 0 Å². The summed E-state index contributed by atoms with van der Waals surface area (Å²) >= 11 is 0. The number of pyridine rings is 1. The second-order valence-corrected chi connectivity index (χ2v) is 5.92. The van der Waals surface area contributed by atoms with Gasteiger partial charge in [-0.25, -0.2) is 9.78 Å². The Balaban J connectivity index is 0.000000960. The fraction of sp³-hybridized carbons (Fsp3) is 0.400. The van der Waals surface area contributed by atoms with Crippen molar-refractivity contribution in [1.82, 2.24) is 14.8 Å². The Labute approximate surface area is 141 Å². The van der Waals surface area contributed by atoms with E-state index in [0.29, 0.717) is 6.54 Å². The molecule has 1 aliphatic carbocycles. The molecular weight excluding hydrogens is 275 g/mol. The van der Waals surface area contributed by atoms with Crippen molar-refractivity contribution < 1.29 is 30.2 Å². The maximum Gasteiger partial charge on any atom is 1.00 e. The molecule has 2 aromatic rings. The van der Waals surface area contributed by atoms with Crippen LogP contribution >= 0.6 is 0 Å². The monoisotopic (exact) mass is 292 g/mol. The van der Waals surface area contributed by atoms with Gasteiger partial charge in [0.05, 0.1) is 18.3 Å². The molecule has 4 rings (SSSR count). The van der Waals surface area contributed by atoms with Crippen LogP contribution in [0.4, 0.5) is 5.82 Å². The molecule has 1 N–H and O–H groups in total. The van der Waals surface area contributed by atoms with Crippen LogP contribution in [0.1, 0.15) is 23.8 Å². The third kappa shape index (κ3) is 2.89. The fourth-order valence-electron chi connectivity index (χ4n) is 3.03. The van der Waals surface area contributed by atoms with Crippen LogP contribution < -0.4 is 23.8 Å². The van der Waals surface area contributed by atoms with Crippen molar-refractivity contribution in [3.8, 4) is 0 Å². The smallest absolute Gasteiger partial charge is 1.00 e. The number of carbonyl (C=O) groups is 1. The van der Waals surface area contributed by atoms with Crippen LogP contribution in [0, 0.1) is 11.8 Å². The fourth-order valence-corrected chi connectivity index (χ4v) is 3.03. The maximum absolute atomic E-state index is 10.8. The molecular formula is C15H17LiN4O2. The van der Waals surface area contributed by atoms with Crippen molar-refractivity contribution in [2.75, 3.05) is 18.0 Å². The van der Waals surface area contributed by atoms with Crippen LogP contribution in [0.15, 0.2) is 30.7 Å². The Morgan fingerprint density at radius 3 is 2.68 bits per heavy atom. The van der Waals surface area contributed by atoms with Crippen LogP contribution in [-0.4, -0.2) is 38.9 Å². The van der Waals surface area contributed by atoms with Gasteiger partial charge in [-0.3, -0.25) is 4.68 Å². The molecule has 2 aromatic heterocycles. The number of hydrogen-bond donors (Lipinski definition) is 1. The van der Waals surface area contributed by atoms with Gasteiger partial charge in [-0.2, -0.15) is 5.10 Å². The normalized spacial score (nSPS) is 22.1. The van der Waals surface area contributed by atoms with Crippen molar-refractivity contribution in [3.63, 3.8) is 0 Å². The molecule has 22 heavy (non-hydrogen) atoms. The maximum atomic E-state index is 10.8. The van der Waals surface area contributed by atoms with Gasteiger partial charge in [0.15, 0.2) is 0 Å². The molecule has 0 aromatic carbocycles. The summed E-state index contributed by atoms with van der Waals surface area (Å²) in [4.78, 5) is 17.7. The molecule has 6 nitrogen and oxygen atoms in total. The molecule has 2 aliphatic rings. The number of aromatic carboxylic acids is 1. The molecule has 1 saturated heterocycles. The van der Waals surface area contributed by atoms with E-state index in [4.69, 9.17) is 5.11 Å². The molecule has 2 fully saturated rings. The van der Waals surface area contributed by atoms with Crippen molar-refractivity contribution in [2.45, 2.75) is 13.0 Å². The number of piperidine rings is 1. The molecule has 3 heterocycles. The number of carboxylic acids is 1. The number of aromatic nitrogens is 3. The summed E-state index contributed by atoms with van der Waals surface area (Å²) in [5.74, 6) is 1.87. The van der Waals surface area contributed by atoms with E-state index in [-0.39, 0.29) is 25.9 Å². The van der Waals surface area contributed by atoms with Gasteiger partial charge in [-0.05, 0) is 29.9 Å².